The van der Waals surface area contributed by atoms with E-state index in [-0.39, 0.29) is 18.8 Å². The molecule has 0 amide bonds. The van der Waals surface area contributed by atoms with Crippen LogP contribution in [0.3, 0.4) is 0 Å². The average molecular weight is 249 g/mol. The van der Waals surface area contributed by atoms with Gasteiger partial charge in [0.1, 0.15) is 12.1 Å². The van der Waals surface area contributed by atoms with Crippen molar-refractivity contribution in [1.82, 2.24) is 9.97 Å². The van der Waals surface area contributed by atoms with Gasteiger partial charge in [-0.3, -0.25) is 0 Å². The van der Waals surface area contributed by atoms with Crippen molar-refractivity contribution in [2.24, 2.45) is 5.92 Å². The van der Waals surface area contributed by atoms with Gasteiger partial charge in [-0.25, -0.2) is 9.97 Å². The molecule has 1 aromatic heterocycles. The fourth-order valence-corrected chi connectivity index (χ4v) is 1.95. The van der Waals surface area contributed by atoms with Crippen molar-refractivity contribution in [2.45, 2.75) is 19.0 Å². The highest BCUT2D eigenvalue weighted by atomic mass is 19.4. The molecular weight excluding hydrogens is 238 g/mol. The number of piperidine rings is 1. The maximum Gasteiger partial charge on any atom is 0.393 e. The molecule has 1 aliphatic rings. The van der Waals surface area contributed by atoms with Crippen molar-refractivity contribution in [3.8, 4) is 0 Å². The van der Waals surface area contributed by atoms with E-state index in [9.17, 15) is 17.6 Å². The Balaban J connectivity index is 2.12. The molecule has 1 unspecified atom stereocenters. The third kappa shape index (κ3) is 2.83. The van der Waals surface area contributed by atoms with Gasteiger partial charge in [-0.2, -0.15) is 17.6 Å². The van der Waals surface area contributed by atoms with Crippen molar-refractivity contribution in [1.29, 1.82) is 0 Å². The zero-order valence-corrected chi connectivity index (χ0v) is 8.91. The van der Waals surface area contributed by atoms with Crippen LogP contribution in [0.1, 0.15) is 12.8 Å². The summed E-state index contributed by atoms with van der Waals surface area (Å²) in [5.74, 6) is -1.88. The molecule has 7 heteroatoms. The van der Waals surface area contributed by atoms with Crippen molar-refractivity contribution in [3.05, 3.63) is 18.3 Å². The predicted molar refractivity (Wildman–Crippen MR) is 53.0 cm³/mol. The lowest BCUT2D eigenvalue weighted by Gasteiger charge is -2.34. The summed E-state index contributed by atoms with van der Waals surface area (Å²) >= 11 is 0. The summed E-state index contributed by atoms with van der Waals surface area (Å²) < 4.78 is 50.6. The first-order valence-electron chi connectivity index (χ1n) is 5.26. The zero-order chi connectivity index (χ0) is 12.5. The van der Waals surface area contributed by atoms with E-state index in [1.54, 1.807) is 0 Å². The molecule has 0 spiro atoms. The average Bonchev–Trinajstić information content (AvgIpc) is 2.28. The standard InChI is InChI=1S/C10H11F4N3/c11-8-4-9(16-6-15-8)17-3-1-2-7(5-17)10(12,13)14/h4,6-7H,1-3,5H2. The molecule has 0 aromatic carbocycles. The first-order valence-corrected chi connectivity index (χ1v) is 5.26. The SMILES string of the molecule is Fc1cc(N2CCCC(C(F)(F)F)C2)ncn1. The lowest BCUT2D eigenvalue weighted by atomic mass is 9.97. The van der Waals surface area contributed by atoms with Gasteiger partial charge in [-0.1, -0.05) is 0 Å². The monoisotopic (exact) mass is 249 g/mol. The van der Waals surface area contributed by atoms with E-state index in [4.69, 9.17) is 0 Å². The molecule has 1 saturated heterocycles. The maximum absolute atomic E-state index is 12.9. The van der Waals surface area contributed by atoms with Crippen molar-refractivity contribution < 1.29 is 17.6 Å². The Morgan fingerprint density at radius 1 is 1.29 bits per heavy atom. The molecule has 0 saturated carbocycles. The molecule has 1 fully saturated rings. The second kappa shape index (κ2) is 4.46. The van der Waals surface area contributed by atoms with Crippen molar-refractivity contribution in [2.75, 3.05) is 18.0 Å². The molecular formula is C10H11F4N3. The van der Waals surface area contributed by atoms with Crippen molar-refractivity contribution >= 4 is 5.82 Å². The number of hydrogen-bond donors (Lipinski definition) is 0. The number of anilines is 1. The number of nitrogens with zero attached hydrogens (tertiary/aromatic N) is 3. The molecule has 3 nitrogen and oxygen atoms in total. The Morgan fingerprint density at radius 2 is 2.06 bits per heavy atom. The minimum absolute atomic E-state index is 0.119. The van der Waals surface area contributed by atoms with Crippen LogP contribution in [0.25, 0.3) is 0 Å². The van der Waals surface area contributed by atoms with Crippen molar-refractivity contribution in [3.63, 3.8) is 0 Å². The van der Waals surface area contributed by atoms with Gasteiger partial charge in [0.2, 0.25) is 5.95 Å². The second-order valence-electron chi connectivity index (χ2n) is 4.03. The van der Waals surface area contributed by atoms with Crippen LogP contribution in [0.5, 0.6) is 0 Å². The molecule has 0 radical (unpaired) electrons. The molecule has 1 atom stereocenters. The molecule has 17 heavy (non-hydrogen) atoms. The number of aromatic nitrogens is 2. The molecule has 0 N–H and O–H groups in total. The summed E-state index contributed by atoms with van der Waals surface area (Å²) in [6, 6.07) is 1.05. The van der Waals surface area contributed by atoms with Gasteiger partial charge in [-0.05, 0) is 12.8 Å². The van der Waals surface area contributed by atoms with E-state index in [0.717, 1.165) is 12.4 Å². The first-order chi connectivity index (χ1) is 7.97. The van der Waals surface area contributed by atoms with Crippen LogP contribution in [0.2, 0.25) is 0 Å². The van der Waals surface area contributed by atoms with Crippen LogP contribution in [-0.4, -0.2) is 29.2 Å². The Labute approximate surface area is 95.5 Å². The lowest BCUT2D eigenvalue weighted by Crippen LogP contribution is -2.42. The Morgan fingerprint density at radius 3 is 2.71 bits per heavy atom. The Bertz CT molecular complexity index is 393. The van der Waals surface area contributed by atoms with Gasteiger partial charge in [0, 0.05) is 19.2 Å². The van der Waals surface area contributed by atoms with Gasteiger partial charge in [-0.15, -0.1) is 0 Å². The van der Waals surface area contributed by atoms with E-state index in [2.05, 4.69) is 9.97 Å². The van der Waals surface area contributed by atoms with Crippen LogP contribution in [-0.2, 0) is 0 Å². The van der Waals surface area contributed by atoms with Gasteiger partial charge in [0.25, 0.3) is 0 Å². The first kappa shape index (κ1) is 12.1. The molecule has 94 valence electrons. The molecule has 2 heterocycles. The highest BCUT2D eigenvalue weighted by molar-refractivity contribution is 5.37. The summed E-state index contributed by atoms with van der Waals surface area (Å²) in [5, 5.41) is 0. The minimum atomic E-state index is -4.20. The van der Waals surface area contributed by atoms with Crippen LogP contribution >= 0.6 is 0 Å². The van der Waals surface area contributed by atoms with E-state index in [1.807, 2.05) is 0 Å². The predicted octanol–water partition coefficient (Wildman–Crippen LogP) is 2.39. The zero-order valence-electron chi connectivity index (χ0n) is 8.91. The largest absolute Gasteiger partial charge is 0.393 e. The summed E-state index contributed by atoms with van der Waals surface area (Å²) in [7, 11) is 0. The minimum Gasteiger partial charge on any atom is -0.356 e. The molecule has 2 rings (SSSR count). The fourth-order valence-electron chi connectivity index (χ4n) is 1.95. The highest BCUT2D eigenvalue weighted by Gasteiger charge is 2.42. The van der Waals surface area contributed by atoms with E-state index < -0.39 is 18.0 Å². The van der Waals surface area contributed by atoms with E-state index in [0.29, 0.717) is 13.0 Å². The molecule has 0 bridgehead atoms. The number of hydrogen-bond acceptors (Lipinski definition) is 3. The summed E-state index contributed by atoms with van der Waals surface area (Å²) in [5.41, 5.74) is 0. The van der Waals surface area contributed by atoms with E-state index >= 15 is 0 Å². The van der Waals surface area contributed by atoms with Gasteiger partial charge >= 0.3 is 6.18 Å². The Kier molecular flexibility index (Phi) is 3.17. The number of alkyl halides is 3. The summed E-state index contributed by atoms with van der Waals surface area (Å²) in [4.78, 5) is 8.51. The normalized spacial score (nSPS) is 21.6. The molecule has 1 aromatic rings. The lowest BCUT2D eigenvalue weighted by molar-refractivity contribution is -0.176. The Hall–Kier alpha value is -1.40. The van der Waals surface area contributed by atoms with Crippen LogP contribution in [0, 0.1) is 11.9 Å². The summed E-state index contributed by atoms with van der Waals surface area (Å²) in [6.07, 6.45) is -2.64. The summed E-state index contributed by atoms with van der Waals surface area (Å²) in [6.45, 7) is 0.295. The fraction of sp³-hybridized carbons (Fsp3) is 0.600. The van der Waals surface area contributed by atoms with Crippen LogP contribution in [0.15, 0.2) is 12.4 Å². The topological polar surface area (TPSA) is 29.0 Å². The van der Waals surface area contributed by atoms with Gasteiger partial charge in [0.15, 0.2) is 0 Å². The quantitative estimate of drug-likeness (QED) is 0.565. The third-order valence-electron chi connectivity index (χ3n) is 2.83. The maximum atomic E-state index is 12.9. The van der Waals surface area contributed by atoms with E-state index in [1.165, 1.54) is 4.90 Å². The molecule has 1 aliphatic heterocycles. The molecule has 0 aliphatic carbocycles. The van der Waals surface area contributed by atoms with Crippen LogP contribution < -0.4 is 4.90 Å². The van der Waals surface area contributed by atoms with Gasteiger partial charge in [0.05, 0.1) is 5.92 Å². The van der Waals surface area contributed by atoms with Gasteiger partial charge < -0.3 is 4.90 Å². The second-order valence-corrected chi connectivity index (χ2v) is 4.03. The highest BCUT2D eigenvalue weighted by Crippen LogP contribution is 2.34. The smallest absolute Gasteiger partial charge is 0.356 e. The third-order valence-corrected chi connectivity index (χ3v) is 2.83. The number of halogens is 4. The van der Waals surface area contributed by atoms with Crippen LogP contribution in [0.4, 0.5) is 23.4 Å². The number of rotatable bonds is 1.